The van der Waals surface area contributed by atoms with Gasteiger partial charge in [0.05, 0.1) is 4.92 Å². The fourth-order valence-corrected chi connectivity index (χ4v) is 2.07. The lowest BCUT2D eigenvalue weighted by Crippen LogP contribution is -2.44. The third-order valence-electron chi connectivity index (χ3n) is 3.39. The predicted octanol–water partition coefficient (Wildman–Crippen LogP) is 2.13. The standard InChI is InChI=1S/C12H17N3O2/c1-12(8-13,9-5-6-9)14-10-3-2-4-11(7-10)15(16)17/h2-4,7,9,14H,5-6,8,13H2,1H3. The van der Waals surface area contributed by atoms with Crippen LogP contribution in [0, 0.1) is 16.0 Å². The van der Waals surface area contributed by atoms with Gasteiger partial charge < -0.3 is 11.1 Å². The van der Waals surface area contributed by atoms with Gasteiger partial charge in [-0.1, -0.05) is 6.07 Å². The Kier molecular flexibility index (Phi) is 3.02. The highest BCUT2D eigenvalue weighted by Crippen LogP contribution is 2.41. The van der Waals surface area contributed by atoms with Crippen LogP contribution in [0.4, 0.5) is 11.4 Å². The molecule has 1 saturated carbocycles. The number of nitrogens with two attached hydrogens (primary N) is 1. The number of anilines is 1. The molecule has 0 bridgehead atoms. The lowest BCUT2D eigenvalue weighted by atomic mass is 9.95. The van der Waals surface area contributed by atoms with Gasteiger partial charge in [0, 0.05) is 29.9 Å². The molecule has 0 saturated heterocycles. The van der Waals surface area contributed by atoms with Crippen LogP contribution in [-0.4, -0.2) is 17.0 Å². The Hall–Kier alpha value is -1.62. The Bertz CT molecular complexity index is 432. The fraction of sp³-hybridized carbons (Fsp3) is 0.500. The van der Waals surface area contributed by atoms with E-state index in [9.17, 15) is 10.1 Å². The maximum absolute atomic E-state index is 10.7. The van der Waals surface area contributed by atoms with Gasteiger partial charge in [0.1, 0.15) is 0 Å². The Labute approximate surface area is 100 Å². The zero-order chi connectivity index (χ0) is 12.5. The molecule has 1 atom stereocenters. The molecule has 0 radical (unpaired) electrons. The van der Waals surface area contributed by atoms with Crippen LogP contribution in [-0.2, 0) is 0 Å². The maximum Gasteiger partial charge on any atom is 0.271 e. The lowest BCUT2D eigenvalue weighted by Gasteiger charge is -2.30. The minimum Gasteiger partial charge on any atom is -0.378 e. The highest BCUT2D eigenvalue weighted by atomic mass is 16.6. The summed E-state index contributed by atoms with van der Waals surface area (Å²) >= 11 is 0. The number of hydrogen-bond donors (Lipinski definition) is 2. The van der Waals surface area contributed by atoms with Crippen LogP contribution in [0.3, 0.4) is 0 Å². The van der Waals surface area contributed by atoms with Crippen molar-refractivity contribution in [3.8, 4) is 0 Å². The Morgan fingerprint density at radius 2 is 2.29 bits per heavy atom. The molecule has 2 rings (SSSR count). The molecule has 92 valence electrons. The van der Waals surface area contributed by atoms with E-state index in [1.807, 2.05) is 6.07 Å². The summed E-state index contributed by atoms with van der Waals surface area (Å²) in [6, 6.07) is 6.56. The molecule has 1 fully saturated rings. The Morgan fingerprint density at radius 3 is 2.82 bits per heavy atom. The monoisotopic (exact) mass is 235 g/mol. The molecule has 0 amide bonds. The molecule has 0 aliphatic heterocycles. The van der Waals surface area contributed by atoms with E-state index in [0.717, 1.165) is 5.69 Å². The Balaban J connectivity index is 2.17. The summed E-state index contributed by atoms with van der Waals surface area (Å²) in [6.07, 6.45) is 2.35. The number of rotatable bonds is 5. The summed E-state index contributed by atoms with van der Waals surface area (Å²) in [6.45, 7) is 2.60. The van der Waals surface area contributed by atoms with Gasteiger partial charge in [-0.15, -0.1) is 0 Å². The molecule has 1 aliphatic carbocycles. The minimum atomic E-state index is -0.387. The van der Waals surface area contributed by atoms with Crippen LogP contribution in [0.5, 0.6) is 0 Å². The second-order valence-electron chi connectivity index (χ2n) is 4.83. The molecular formula is C12H17N3O2. The van der Waals surface area contributed by atoms with Gasteiger partial charge >= 0.3 is 0 Å². The van der Waals surface area contributed by atoms with E-state index in [-0.39, 0.29) is 16.1 Å². The van der Waals surface area contributed by atoms with Crippen molar-refractivity contribution < 1.29 is 4.92 Å². The van der Waals surface area contributed by atoms with Gasteiger partial charge in [0.25, 0.3) is 5.69 Å². The van der Waals surface area contributed by atoms with E-state index in [1.54, 1.807) is 12.1 Å². The first-order chi connectivity index (χ1) is 8.05. The molecular weight excluding hydrogens is 218 g/mol. The van der Waals surface area contributed by atoms with Gasteiger partial charge in [0.15, 0.2) is 0 Å². The maximum atomic E-state index is 10.7. The van der Waals surface area contributed by atoms with Gasteiger partial charge in [-0.2, -0.15) is 0 Å². The molecule has 5 heteroatoms. The SMILES string of the molecule is CC(CN)(Nc1cccc([N+](=O)[O-])c1)C1CC1. The summed E-state index contributed by atoms with van der Waals surface area (Å²) in [5.41, 5.74) is 6.50. The fourth-order valence-electron chi connectivity index (χ4n) is 2.07. The summed E-state index contributed by atoms with van der Waals surface area (Å²) in [7, 11) is 0. The van der Waals surface area contributed by atoms with Crippen molar-refractivity contribution in [2.24, 2.45) is 11.7 Å². The van der Waals surface area contributed by atoms with Crippen molar-refractivity contribution in [1.82, 2.24) is 0 Å². The highest BCUT2D eigenvalue weighted by Gasteiger charge is 2.40. The van der Waals surface area contributed by atoms with E-state index >= 15 is 0 Å². The zero-order valence-electron chi connectivity index (χ0n) is 9.85. The van der Waals surface area contributed by atoms with E-state index in [4.69, 9.17) is 5.73 Å². The van der Waals surface area contributed by atoms with Crippen molar-refractivity contribution in [3.63, 3.8) is 0 Å². The van der Waals surface area contributed by atoms with Crippen LogP contribution >= 0.6 is 0 Å². The lowest BCUT2D eigenvalue weighted by molar-refractivity contribution is -0.384. The molecule has 5 nitrogen and oxygen atoms in total. The van der Waals surface area contributed by atoms with Crippen LogP contribution in [0.15, 0.2) is 24.3 Å². The first-order valence-corrected chi connectivity index (χ1v) is 5.78. The molecule has 1 aromatic carbocycles. The molecule has 17 heavy (non-hydrogen) atoms. The number of nitrogens with zero attached hydrogens (tertiary/aromatic N) is 1. The topological polar surface area (TPSA) is 81.2 Å². The number of benzene rings is 1. The smallest absolute Gasteiger partial charge is 0.271 e. The van der Waals surface area contributed by atoms with Gasteiger partial charge in [0.2, 0.25) is 0 Å². The van der Waals surface area contributed by atoms with Crippen molar-refractivity contribution in [3.05, 3.63) is 34.4 Å². The van der Waals surface area contributed by atoms with Crippen molar-refractivity contribution in [2.75, 3.05) is 11.9 Å². The van der Waals surface area contributed by atoms with Gasteiger partial charge in [-0.05, 0) is 31.7 Å². The van der Waals surface area contributed by atoms with Gasteiger partial charge in [-0.3, -0.25) is 10.1 Å². The predicted molar refractivity (Wildman–Crippen MR) is 66.9 cm³/mol. The van der Waals surface area contributed by atoms with Crippen molar-refractivity contribution >= 4 is 11.4 Å². The van der Waals surface area contributed by atoms with Crippen molar-refractivity contribution in [2.45, 2.75) is 25.3 Å². The van der Waals surface area contributed by atoms with Crippen LogP contribution in [0.2, 0.25) is 0 Å². The third-order valence-corrected chi connectivity index (χ3v) is 3.39. The third kappa shape index (κ3) is 2.55. The van der Waals surface area contributed by atoms with Gasteiger partial charge in [-0.25, -0.2) is 0 Å². The molecule has 1 aliphatic rings. The number of nitrogens with one attached hydrogen (secondary N) is 1. The summed E-state index contributed by atoms with van der Waals surface area (Å²) < 4.78 is 0. The quantitative estimate of drug-likeness (QED) is 0.605. The van der Waals surface area contributed by atoms with Crippen molar-refractivity contribution in [1.29, 1.82) is 0 Å². The van der Waals surface area contributed by atoms with Crippen LogP contribution in [0.25, 0.3) is 0 Å². The second-order valence-corrected chi connectivity index (χ2v) is 4.83. The number of nitro benzene ring substituents is 1. The number of nitro groups is 1. The summed E-state index contributed by atoms with van der Waals surface area (Å²) in [4.78, 5) is 10.3. The van der Waals surface area contributed by atoms with E-state index in [1.165, 1.54) is 18.9 Å². The zero-order valence-corrected chi connectivity index (χ0v) is 9.85. The largest absolute Gasteiger partial charge is 0.378 e. The molecule has 3 N–H and O–H groups in total. The molecule has 0 aromatic heterocycles. The number of hydrogen-bond acceptors (Lipinski definition) is 4. The van der Waals surface area contributed by atoms with E-state index in [2.05, 4.69) is 12.2 Å². The summed E-state index contributed by atoms with van der Waals surface area (Å²) in [5.74, 6) is 0.576. The average Bonchev–Trinajstić information content (AvgIpc) is 3.13. The molecule has 0 spiro atoms. The van der Waals surface area contributed by atoms with Crippen LogP contribution in [0.1, 0.15) is 19.8 Å². The molecule has 0 heterocycles. The van der Waals surface area contributed by atoms with Crippen LogP contribution < -0.4 is 11.1 Å². The van der Waals surface area contributed by atoms with E-state index in [0.29, 0.717) is 12.5 Å². The first kappa shape index (κ1) is 11.9. The second kappa shape index (κ2) is 4.33. The average molecular weight is 235 g/mol. The summed E-state index contributed by atoms with van der Waals surface area (Å²) in [5, 5.41) is 14.0. The number of non-ortho nitro benzene ring substituents is 1. The van der Waals surface area contributed by atoms with E-state index < -0.39 is 0 Å². The molecule has 1 unspecified atom stereocenters. The molecule has 1 aromatic rings. The minimum absolute atomic E-state index is 0.102. The first-order valence-electron chi connectivity index (χ1n) is 5.78. The normalized spacial score (nSPS) is 18.5. The highest BCUT2D eigenvalue weighted by molar-refractivity contribution is 5.52. The Morgan fingerprint density at radius 1 is 1.59 bits per heavy atom.